The van der Waals surface area contributed by atoms with Crippen LogP contribution in [0, 0.1) is 0 Å². The third kappa shape index (κ3) is 6.81. The van der Waals surface area contributed by atoms with Crippen molar-refractivity contribution in [1.82, 2.24) is 19.5 Å². The van der Waals surface area contributed by atoms with Crippen molar-refractivity contribution < 1.29 is 56.7 Å². The predicted molar refractivity (Wildman–Crippen MR) is 115 cm³/mol. The summed E-state index contributed by atoms with van der Waals surface area (Å²) in [5, 5.41) is 20.6. The molecule has 19 nitrogen and oxygen atoms in total. The largest absolute Gasteiger partial charge is 0.479 e. The number of phosphoric acid groups is 1. The van der Waals surface area contributed by atoms with Crippen molar-refractivity contribution in [2.24, 2.45) is 5.73 Å². The van der Waals surface area contributed by atoms with Gasteiger partial charge in [-0.2, -0.15) is 4.98 Å². The van der Waals surface area contributed by atoms with Crippen LogP contribution < -0.4 is 17.0 Å². The zero-order chi connectivity index (χ0) is 26.2. The highest BCUT2D eigenvalue weighted by molar-refractivity contribution is 7.74. The quantitative estimate of drug-likeness (QED) is 0.134. The molecule has 198 valence electrons. The molecule has 0 aliphatic carbocycles. The number of nitrogens with one attached hydrogen (secondary N) is 1. The van der Waals surface area contributed by atoms with Crippen molar-refractivity contribution in [3.8, 4) is 0 Å². The Morgan fingerprint density at radius 2 is 1.83 bits per heavy atom. The molecule has 0 spiro atoms. The number of anilines is 1. The van der Waals surface area contributed by atoms with Gasteiger partial charge in [0.25, 0.3) is 5.56 Å². The number of phosphoric ester groups is 1. The van der Waals surface area contributed by atoms with E-state index in [4.69, 9.17) is 16.2 Å². The van der Waals surface area contributed by atoms with Crippen LogP contribution in [-0.4, -0.2) is 88.4 Å². The van der Waals surface area contributed by atoms with Crippen molar-refractivity contribution in [1.29, 1.82) is 0 Å². The van der Waals surface area contributed by atoms with E-state index in [1.165, 1.54) is 0 Å². The number of rotatable bonds is 11. The van der Waals surface area contributed by atoms with Gasteiger partial charge < -0.3 is 45.6 Å². The molecule has 2 aromatic heterocycles. The van der Waals surface area contributed by atoms with Crippen molar-refractivity contribution in [3.63, 3.8) is 0 Å². The number of ether oxygens (including phenoxy) is 1. The molecule has 0 aromatic carbocycles. The second-order valence-electron chi connectivity index (χ2n) is 7.21. The summed E-state index contributed by atoms with van der Waals surface area (Å²) in [7, 11) is -15.2. The van der Waals surface area contributed by atoms with Gasteiger partial charge >= 0.3 is 23.0 Å². The number of fused-ring (bicyclic) bond motifs is 1. The standard InChI is InChI=1S/C13H23N6O13P3/c14-1-2-29-33(23,24)5-34(25,26)32-35(27,28)30-3-6-8(20)9(21)12(31-6)19-4-16-7-10(19)17-13(15)18-11(7)22/h4,6,8-9,12,20-21H,1-3,5,14H2,(H,23,24)(H,25,26)(H,27,28)(H3,15,17,18,22). The summed E-state index contributed by atoms with van der Waals surface area (Å²) in [5.74, 6) is -1.79. The van der Waals surface area contributed by atoms with Crippen LogP contribution in [0.15, 0.2) is 11.1 Å². The molecule has 10 N–H and O–H groups in total. The first kappa shape index (κ1) is 28.0. The Balaban J connectivity index is 1.67. The molecule has 1 fully saturated rings. The van der Waals surface area contributed by atoms with E-state index in [1.54, 1.807) is 0 Å². The lowest BCUT2D eigenvalue weighted by molar-refractivity contribution is -0.0501. The average Bonchev–Trinajstić information content (AvgIpc) is 3.25. The van der Waals surface area contributed by atoms with E-state index < -0.39 is 72.2 Å². The summed E-state index contributed by atoms with van der Waals surface area (Å²) < 4.78 is 55.5. The van der Waals surface area contributed by atoms with Gasteiger partial charge in [-0.25, -0.2) is 13.9 Å². The molecule has 0 bridgehead atoms. The van der Waals surface area contributed by atoms with Crippen LogP contribution in [0.25, 0.3) is 11.2 Å². The van der Waals surface area contributed by atoms with Gasteiger partial charge in [0.1, 0.15) is 18.3 Å². The number of hydrogen-bond donors (Lipinski definition) is 8. The van der Waals surface area contributed by atoms with Crippen molar-refractivity contribution in [3.05, 3.63) is 16.7 Å². The van der Waals surface area contributed by atoms with Gasteiger partial charge in [0, 0.05) is 6.54 Å². The molecule has 35 heavy (non-hydrogen) atoms. The molecule has 0 saturated carbocycles. The van der Waals surface area contributed by atoms with Crippen LogP contribution >= 0.6 is 23.0 Å². The van der Waals surface area contributed by atoms with Gasteiger partial charge in [-0.3, -0.25) is 28.0 Å². The van der Waals surface area contributed by atoms with Gasteiger partial charge in [0.05, 0.1) is 19.5 Å². The predicted octanol–water partition coefficient (Wildman–Crippen LogP) is -2.24. The van der Waals surface area contributed by atoms with Gasteiger partial charge in [-0.15, -0.1) is 0 Å². The van der Waals surface area contributed by atoms with E-state index in [1.807, 2.05) is 0 Å². The third-order valence-corrected chi connectivity index (χ3v) is 10.2. The fourth-order valence-electron chi connectivity index (χ4n) is 3.07. The van der Waals surface area contributed by atoms with Gasteiger partial charge in [-0.05, 0) is 0 Å². The summed E-state index contributed by atoms with van der Waals surface area (Å²) in [6.07, 6.45) is -5.16. The normalized spacial score (nSPS) is 27.9. The fourth-order valence-corrected chi connectivity index (χ4v) is 8.08. The Hall–Kier alpha value is -1.56. The van der Waals surface area contributed by atoms with Crippen LogP contribution in [0.5, 0.6) is 0 Å². The Kier molecular flexibility index (Phi) is 8.35. The lowest BCUT2D eigenvalue weighted by atomic mass is 10.1. The number of nitrogens with zero attached hydrogens (tertiary/aromatic N) is 3. The van der Waals surface area contributed by atoms with Gasteiger partial charge in [-0.1, -0.05) is 0 Å². The second kappa shape index (κ2) is 10.4. The summed E-state index contributed by atoms with van der Waals surface area (Å²) in [6, 6.07) is 0. The van der Waals surface area contributed by atoms with Gasteiger partial charge in [0.15, 0.2) is 23.3 Å². The number of aliphatic hydroxyl groups is 2. The zero-order valence-corrected chi connectivity index (χ0v) is 20.2. The molecule has 3 heterocycles. The molecule has 1 aliphatic heterocycles. The highest BCUT2D eigenvalue weighted by Crippen LogP contribution is 2.66. The van der Waals surface area contributed by atoms with Crippen molar-refractivity contribution >= 4 is 40.1 Å². The molecule has 7 unspecified atom stereocenters. The molecule has 1 aliphatic rings. The maximum absolute atomic E-state index is 12.1. The number of nitrogen functional groups attached to an aromatic ring is 1. The molecular formula is C13H23N6O13P3. The SMILES string of the molecule is NCCOP(=O)(O)CP(=O)(O)OP(=O)(O)OCC1OC(n2cnc3c(=O)[nH]c(N)nc32)C(O)C1O. The first-order valence-corrected chi connectivity index (χ1v) is 14.6. The van der Waals surface area contributed by atoms with E-state index >= 15 is 0 Å². The van der Waals surface area contributed by atoms with E-state index in [-0.39, 0.29) is 23.7 Å². The minimum absolute atomic E-state index is 0.0910. The maximum atomic E-state index is 12.1. The van der Waals surface area contributed by atoms with E-state index in [0.29, 0.717) is 0 Å². The minimum atomic E-state index is -5.35. The van der Waals surface area contributed by atoms with E-state index in [9.17, 15) is 43.4 Å². The summed E-state index contributed by atoms with van der Waals surface area (Å²) in [5.41, 5.74) is 9.69. The fraction of sp³-hybridized carbons (Fsp3) is 0.615. The van der Waals surface area contributed by atoms with Gasteiger partial charge in [0.2, 0.25) is 5.95 Å². The smallest absolute Gasteiger partial charge is 0.387 e. The van der Waals surface area contributed by atoms with Crippen LogP contribution in [0.4, 0.5) is 5.95 Å². The molecule has 0 amide bonds. The lowest BCUT2D eigenvalue weighted by Gasteiger charge is -2.20. The topological polar surface area (TPSA) is 305 Å². The highest BCUT2D eigenvalue weighted by atomic mass is 31.3. The van der Waals surface area contributed by atoms with E-state index in [0.717, 1.165) is 10.9 Å². The molecule has 7 atom stereocenters. The number of nitrogens with two attached hydrogens (primary N) is 2. The Bertz CT molecular complexity index is 1270. The Morgan fingerprint density at radius 1 is 1.14 bits per heavy atom. The van der Waals surface area contributed by atoms with Crippen molar-refractivity contribution in [2.45, 2.75) is 24.5 Å². The molecule has 0 radical (unpaired) electrons. The molecular weight excluding hydrogens is 541 g/mol. The maximum Gasteiger partial charge on any atom is 0.479 e. The first-order valence-electron chi connectivity index (χ1n) is 9.55. The lowest BCUT2D eigenvalue weighted by Crippen LogP contribution is -2.33. The number of aliphatic hydroxyl groups excluding tert-OH is 2. The summed E-state index contributed by atoms with van der Waals surface area (Å²) >= 11 is 0. The molecule has 1 saturated heterocycles. The number of hydrogen-bond acceptors (Lipinski definition) is 14. The summed E-state index contributed by atoms with van der Waals surface area (Å²) in [6.45, 7) is -1.54. The summed E-state index contributed by atoms with van der Waals surface area (Å²) in [4.78, 5) is 50.8. The highest BCUT2D eigenvalue weighted by Gasteiger charge is 2.46. The van der Waals surface area contributed by atoms with Crippen molar-refractivity contribution in [2.75, 3.05) is 31.4 Å². The van der Waals surface area contributed by atoms with Crippen LogP contribution in [0.1, 0.15) is 6.23 Å². The molecule has 3 rings (SSSR count). The molecule has 2 aromatic rings. The number of aromatic nitrogens is 4. The van der Waals surface area contributed by atoms with Crippen LogP contribution in [0.2, 0.25) is 0 Å². The Morgan fingerprint density at radius 3 is 2.49 bits per heavy atom. The van der Waals surface area contributed by atoms with Crippen LogP contribution in [0.3, 0.4) is 0 Å². The second-order valence-corrected chi connectivity index (χ2v) is 13.0. The van der Waals surface area contributed by atoms with Crippen LogP contribution in [-0.2, 0) is 31.8 Å². The Labute approximate surface area is 195 Å². The third-order valence-electron chi connectivity index (χ3n) is 4.46. The zero-order valence-electron chi connectivity index (χ0n) is 17.6. The minimum Gasteiger partial charge on any atom is -0.387 e. The average molecular weight is 564 g/mol. The first-order chi connectivity index (χ1) is 16.1. The monoisotopic (exact) mass is 564 g/mol. The number of imidazole rings is 1. The molecule has 22 heteroatoms. The number of H-pyrrole nitrogens is 1. The number of aromatic amines is 1. The van der Waals surface area contributed by atoms with E-state index in [2.05, 4.69) is 28.3 Å².